The first-order valence-corrected chi connectivity index (χ1v) is 19.2. The highest BCUT2D eigenvalue weighted by Gasteiger charge is 2.19. The van der Waals surface area contributed by atoms with Gasteiger partial charge in [-0.25, -0.2) is 9.48 Å². The Morgan fingerprint density at radius 1 is 0.571 bits per heavy atom. The van der Waals surface area contributed by atoms with Crippen LogP contribution in [0.1, 0.15) is 5.69 Å². The largest absolute Gasteiger partial charge is 0.465 e. The molecule has 0 aliphatic carbocycles. The molecule has 324 valence electrons. The van der Waals surface area contributed by atoms with E-state index in [2.05, 4.69) is 25.2 Å². The molecule has 0 bridgehead atoms. The zero-order valence-electron chi connectivity index (χ0n) is 32.8. The Balaban J connectivity index is 1.18. The molecule has 1 N–H and O–H groups in total. The molecule has 1 amide bonds. The van der Waals surface area contributed by atoms with E-state index in [1.807, 2.05) is 6.20 Å². The Kier molecular flexibility index (Phi) is 33.3. The average Bonchev–Trinajstić information content (AvgIpc) is 3.67. The summed E-state index contributed by atoms with van der Waals surface area (Å²) in [7, 11) is 0. The summed E-state index contributed by atoms with van der Waals surface area (Å²) >= 11 is 0. The number of hydrogen-bond acceptors (Lipinski definition) is 17. The molecular formula is C34H64N8O14. The zero-order chi connectivity index (χ0) is 39.8. The van der Waals surface area contributed by atoms with Crippen LogP contribution in [-0.4, -0.2) is 227 Å². The first-order chi connectivity index (χ1) is 27.7. The molecule has 1 saturated heterocycles. The summed E-state index contributed by atoms with van der Waals surface area (Å²) in [5.74, 6) is 0. The van der Waals surface area contributed by atoms with Crippen LogP contribution in [0.3, 0.4) is 0 Å². The summed E-state index contributed by atoms with van der Waals surface area (Å²) in [5, 5.41) is 20.6. The lowest BCUT2D eigenvalue weighted by Crippen LogP contribution is -2.48. The monoisotopic (exact) mass is 808 g/mol. The van der Waals surface area contributed by atoms with Crippen LogP contribution in [0.25, 0.3) is 10.4 Å². The van der Waals surface area contributed by atoms with Crippen molar-refractivity contribution >= 4 is 6.09 Å². The van der Waals surface area contributed by atoms with Gasteiger partial charge in [-0.05, 0) is 5.53 Å². The van der Waals surface area contributed by atoms with Crippen LogP contribution < -0.4 is 0 Å². The van der Waals surface area contributed by atoms with Crippen LogP contribution in [0.5, 0.6) is 0 Å². The van der Waals surface area contributed by atoms with E-state index in [4.69, 9.17) is 67.5 Å². The van der Waals surface area contributed by atoms with Crippen molar-refractivity contribution in [3.8, 4) is 0 Å². The lowest BCUT2D eigenvalue weighted by Gasteiger charge is -2.32. The molecule has 0 radical (unpaired) electrons. The molecule has 22 heteroatoms. The van der Waals surface area contributed by atoms with Gasteiger partial charge in [0.2, 0.25) is 0 Å². The van der Waals surface area contributed by atoms with E-state index < -0.39 is 6.09 Å². The number of piperazine rings is 1. The summed E-state index contributed by atoms with van der Waals surface area (Å²) in [6.45, 7) is 15.6. The Morgan fingerprint density at radius 3 is 1.34 bits per heavy atom. The fourth-order valence-electron chi connectivity index (χ4n) is 4.66. The highest BCUT2D eigenvalue weighted by molar-refractivity contribution is 5.65. The van der Waals surface area contributed by atoms with Gasteiger partial charge < -0.3 is 66.8 Å². The van der Waals surface area contributed by atoms with E-state index in [0.717, 1.165) is 25.3 Å². The fourth-order valence-corrected chi connectivity index (χ4v) is 4.66. The number of azide groups is 1. The maximum atomic E-state index is 11.0. The lowest BCUT2D eigenvalue weighted by molar-refractivity contribution is -0.0275. The number of amides is 1. The predicted molar refractivity (Wildman–Crippen MR) is 199 cm³/mol. The van der Waals surface area contributed by atoms with Gasteiger partial charge in [-0.15, -0.1) is 5.10 Å². The molecule has 2 rings (SSSR count). The van der Waals surface area contributed by atoms with Crippen molar-refractivity contribution in [3.05, 3.63) is 22.3 Å². The normalized spacial score (nSPS) is 13.4. The molecule has 56 heavy (non-hydrogen) atoms. The zero-order valence-corrected chi connectivity index (χ0v) is 32.8. The highest BCUT2D eigenvalue weighted by Crippen LogP contribution is 2.03. The molecule has 1 aromatic rings. The third-order valence-electron chi connectivity index (χ3n) is 7.61. The van der Waals surface area contributed by atoms with Gasteiger partial charge in [-0.1, -0.05) is 10.3 Å². The molecule has 1 aliphatic rings. The molecule has 1 aliphatic heterocycles. The quantitative estimate of drug-likeness (QED) is 0.0412. The Morgan fingerprint density at radius 2 is 0.946 bits per heavy atom. The molecule has 0 unspecified atom stereocenters. The molecule has 0 saturated carbocycles. The van der Waals surface area contributed by atoms with E-state index in [0.29, 0.717) is 185 Å². The Bertz CT molecular complexity index is 1080. The summed E-state index contributed by atoms with van der Waals surface area (Å²) in [6.07, 6.45) is 0.982. The smallest absolute Gasteiger partial charge is 0.407 e. The van der Waals surface area contributed by atoms with Crippen molar-refractivity contribution < 1.29 is 66.7 Å². The topological polar surface area (TPSA) is 234 Å². The second-order valence-electron chi connectivity index (χ2n) is 11.8. The molecule has 0 atom stereocenters. The van der Waals surface area contributed by atoms with Crippen LogP contribution in [0.15, 0.2) is 11.3 Å². The van der Waals surface area contributed by atoms with E-state index in [9.17, 15) is 4.79 Å². The molecule has 22 nitrogen and oxygen atoms in total. The summed E-state index contributed by atoms with van der Waals surface area (Å²) in [6, 6.07) is 0. The average molecular weight is 809 g/mol. The van der Waals surface area contributed by atoms with Crippen LogP contribution in [-0.2, 0) is 70.0 Å². The minimum Gasteiger partial charge on any atom is -0.465 e. The van der Waals surface area contributed by atoms with E-state index >= 15 is 0 Å². The number of hydrogen-bond donors (Lipinski definition) is 1. The lowest BCUT2D eigenvalue weighted by atomic mass is 10.3. The maximum Gasteiger partial charge on any atom is 0.407 e. The van der Waals surface area contributed by atoms with E-state index in [-0.39, 0.29) is 0 Å². The van der Waals surface area contributed by atoms with E-state index in [1.54, 1.807) is 4.68 Å². The third kappa shape index (κ3) is 30.4. The highest BCUT2D eigenvalue weighted by atomic mass is 16.6. The maximum absolute atomic E-state index is 11.0. The predicted octanol–water partition coefficient (Wildman–Crippen LogP) is 0.583. The van der Waals surface area contributed by atoms with Crippen molar-refractivity contribution in [3.63, 3.8) is 0 Å². The van der Waals surface area contributed by atoms with E-state index in [1.165, 1.54) is 4.90 Å². The number of rotatable bonds is 41. The molecule has 0 aromatic carbocycles. The Labute approximate surface area is 329 Å². The fraction of sp³-hybridized carbons (Fsp3) is 0.912. The molecule has 1 fully saturated rings. The number of aromatic nitrogens is 3. The second kappa shape index (κ2) is 37.8. The number of ether oxygens (including phenoxy) is 12. The second-order valence-corrected chi connectivity index (χ2v) is 11.8. The van der Waals surface area contributed by atoms with Gasteiger partial charge in [-0.2, -0.15) is 0 Å². The van der Waals surface area contributed by atoms with Gasteiger partial charge in [0.05, 0.1) is 171 Å². The van der Waals surface area contributed by atoms with Gasteiger partial charge in [0.15, 0.2) is 0 Å². The molecule has 2 heterocycles. The van der Waals surface area contributed by atoms with Gasteiger partial charge in [0.1, 0.15) is 5.69 Å². The SMILES string of the molecule is [N-]=[N+]=NCCOCCOCCOCCOCCOCCOCCOCCOCCOCCOCCOCCn1cc(COCCN2CCN(C(=O)O)CC2)nn1. The minimum absolute atomic E-state index is 0.322. The van der Waals surface area contributed by atoms with Crippen molar-refractivity contribution in [2.45, 2.75) is 13.2 Å². The van der Waals surface area contributed by atoms with Crippen LogP contribution in [0.2, 0.25) is 0 Å². The van der Waals surface area contributed by atoms with Crippen LogP contribution in [0.4, 0.5) is 4.79 Å². The molecule has 1 aromatic heterocycles. The van der Waals surface area contributed by atoms with Gasteiger partial charge >= 0.3 is 6.09 Å². The van der Waals surface area contributed by atoms with Gasteiger partial charge in [0.25, 0.3) is 0 Å². The first kappa shape index (κ1) is 49.3. The van der Waals surface area contributed by atoms with Crippen molar-refractivity contribution in [2.24, 2.45) is 5.11 Å². The summed E-state index contributed by atoms with van der Waals surface area (Å²) in [4.78, 5) is 17.3. The third-order valence-corrected chi connectivity index (χ3v) is 7.61. The van der Waals surface area contributed by atoms with Crippen LogP contribution in [0, 0.1) is 0 Å². The van der Waals surface area contributed by atoms with Crippen molar-refractivity contribution in [2.75, 3.05) is 191 Å². The van der Waals surface area contributed by atoms with Crippen LogP contribution >= 0.6 is 0 Å². The summed E-state index contributed by atoms with van der Waals surface area (Å²) in [5.41, 5.74) is 8.90. The minimum atomic E-state index is -0.861. The standard InChI is InChI=1S/C34H64N8O14/c35-38-36-1-8-45-11-13-47-15-17-49-19-21-51-23-25-53-27-29-55-30-28-54-26-24-52-22-20-50-18-16-48-14-12-46-10-7-42-31-33(37-39-42)32-56-9-6-40-2-4-41(5-3-40)34(43)44/h31H,1-30,32H2,(H,43,44). The molecule has 0 spiro atoms. The van der Waals surface area contributed by atoms with Crippen molar-refractivity contribution in [1.29, 1.82) is 0 Å². The molecular weight excluding hydrogens is 744 g/mol. The number of carboxylic acid groups (broad SMARTS) is 1. The summed E-state index contributed by atoms with van der Waals surface area (Å²) < 4.78 is 67.5. The van der Waals surface area contributed by atoms with Gasteiger partial charge in [-0.3, -0.25) is 4.90 Å². The van der Waals surface area contributed by atoms with Gasteiger partial charge in [0, 0.05) is 44.2 Å². The first-order valence-electron chi connectivity index (χ1n) is 19.2. The number of nitrogens with zero attached hydrogens (tertiary/aromatic N) is 8. The number of carbonyl (C=O) groups is 1. The Hall–Kier alpha value is -2.80. The van der Waals surface area contributed by atoms with Crippen molar-refractivity contribution in [1.82, 2.24) is 24.8 Å².